The van der Waals surface area contributed by atoms with E-state index in [0.29, 0.717) is 10.7 Å². The Morgan fingerprint density at radius 2 is 2.00 bits per heavy atom. The van der Waals surface area contributed by atoms with Crippen LogP contribution in [0.3, 0.4) is 0 Å². The maximum Gasteiger partial charge on any atom is 0.0733 e. The molecule has 3 nitrogen and oxygen atoms in total. The zero-order chi connectivity index (χ0) is 11.7. The van der Waals surface area contributed by atoms with Gasteiger partial charge in [-0.25, -0.2) is 4.68 Å². The first-order valence-corrected chi connectivity index (χ1v) is 6.88. The van der Waals surface area contributed by atoms with Crippen molar-refractivity contribution in [2.75, 3.05) is 0 Å². The van der Waals surface area contributed by atoms with Crippen molar-refractivity contribution in [1.82, 2.24) is 15.0 Å². The largest absolute Gasteiger partial charge is 0.217 e. The third-order valence-electron chi connectivity index (χ3n) is 3.39. The fraction of sp³-hybridized carbons (Fsp3) is 0.385. The molecule has 1 aliphatic rings. The Morgan fingerprint density at radius 1 is 1.18 bits per heavy atom. The Kier molecular flexibility index (Phi) is 2.97. The van der Waals surface area contributed by atoms with Crippen LogP contribution in [0.1, 0.15) is 30.9 Å². The molecule has 88 valence electrons. The van der Waals surface area contributed by atoms with Gasteiger partial charge in [-0.2, -0.15) is 0 Å². The van der Waals surface area contributed by atoms with Crippen molar-refractivity contribution in [2.45, 2.75) is 30.0 Å². The van der Waals surface area contributed by atoms with Crippen LogP contribution in [0, 0.1) is 0 Å². The average molecular weight is 292 g/mol. The fourth-order valence-corrected chi connectivity index (χ4v) is 3.37. The van der Waals surface area contributed by atoms with Gasteiger partial charge in [0.15, 0.2) is 0 Å². The maximum atomic E-state index is 4.21. The van der Waals surface area contributed by atoms with Crippen LogP contribution in [-0.2, 0) is 0 Å². The second-order valence-corrected chi connectivity index (χ2v) is 5.64. The topological polar surface area (TPSA) is 30.7 Å². The summed E-state index contributed by atoms with van der Waals surface area (Å²) in [6.07, 6.45) is 5.64. The SMILES string of the molecule is BrC1CCCC1c1cnnn1-c1ccccc1. The molecule has 2 aromatic rings. The van der Waals surface area contributed by atoms with Gasteiger partial charge in [0.25, 0.3) is 0 Å². The number of hydrogen-bond acceptors (Lipinski definition) is 2. The summed E-state index contributed by atoms with van der Waals surface area (Å²) >= 11 is 3.76. The summed E-state index contributed by atoms with van der Waals surface area (Å²) < 4.78 is 1.96. The van der Waals surface area contributed by atoms with Gasteiger partial charge < -0.3 is 0 Å². The lowest BCUT2D eigenvalue weighted by Crippen LogP contribution is -2.11. The van der Waals surface area contributed by atoms with E-state index in [1.807, 2.05) is 29.1 Å². The number of nitrogens with zero attached hydrogens (tertiary/aromatic N) is 3. The Hall–Kier alpha value is -1.16. The Balaban J connectivity index is 2.00. The number of benzene rings is 1. The number of halogens is 1. The van der Waals surface area contributed by atoms with Crippen LogP contribution < -0.4 is 0 Å². The highest BCUT2D eigenvalue weighted by atomic mass is 79.9. The van der Waals surface area contributed by atoms with Crippen LogP contribution in [0.15, 0.2) is 36.5 Å². The number of aromatic nitrogens is 3. The standard InChI is InChI=1S/C13H14BrN3/c14-12-8-4-7-11(12)13-9-15-16-17(13)10-5-2-1-3-6-10/h1-3,5-6,9,11-12H,4,7-8H2. The summed E-state index contributed by atoms with van der Waals surface area (Å²) in [7, 11) is 0. The molecule has 1 aromatic heterocycles. The minimum absolute atomic E-state index is 0.533. The normalized spacial score (nSPS) is 24.1. The van der Waals surface area contributed by atoms with Crippen LogP contribution in [0.5, 0.6) is 0 Å². The molecule has 1 saturated carbocycles. The maximum absolute atomic E-state index is 4.21. The van der Waals surface area contributed by atoms with Gasteiger partial charge >= 0.3 is 0 Å². The highest BCUT2D eigenvalue weighted by Crippen LogP contribution is 2.39. The van der Waals surface area contributed by atoms with Gasteiger partial charge in [0.2, 0.25) is 0 Å². The van der Waals surface area contributed by atoms with Gasteiger partial charge in [0, 0.05) is 10.7 Å². The minimum atomic E-state index is 0.533. The molecule has 1 fully saturated rings. The van der Waals surface area contributed by atoms with Crippen molar-refractivity contribution >= 4 is 15.9 Å². The zero-order valence-corrected chi connectivity index (χ0v) is 11.0. The minimum Gasteiger partial charge on any atom is -0.217 e. The molecular weight excluding hydrogens is 278 g/mol. The fourth-order valence-electron chi connectivity index (χ4n) is 2.51. The first-order chi connectivity index (χ1) is 8.36. The van der Waals surface area contributed by atoms with Gasteiger partial charge in [-0.1, -0.05) is 45.8 Å². The summed E-state index contributed by atoms with van der Waals surface area (Å²) in [5.74, 6) is 0.533. The average Bonchev–Trinajstić information content (AvgIpc) is 2.98. The van der Waals surface area contributed by atoms with E-state index in [4.69, 9.17) is 0 Å². The highest BCUT2D eigenvalue weighted by molar-refractivity contribution is 9.09. The highest BCUT2D eigenvalue weighted by Gasteiger charge is 2.29. The van der Waals surface area contributed by atoms with Gasteiger partial charge in [0.05, 0.1) is 17.6 Å². The number of para-hydroxylation sites is 1. The molecule has 0 N–H and O–H groups in total. The smallest absolute Gasteiger partial charge is 0.0733 e. The van der Waals surface area contributed by atoms with E-state index < -0.39 is 0 Å². The van der Waals surface area contributed by atoms with Crippen LogP contribution in [-0.4, -0.2) is 19.8 Å². The molecule has 4 heteroatoms. The van der Waals surface area contributed by atoms with E-state index in [2.05, 4.69) is 38.4 Å². The van der Waals surface area contributed by atoms with Gasteiger partial charge in [-0.05, 0) is 25.0 Å². The molecule has 0 radical (unpaired) electrons. The summed E-state index contributed by atoms with van der Waals surface area (Å²) in [4.78, 5) is 0.559. The Labute approximate surface area is 109 Å². The van der Waals surface area contributed by atoms with Crippen molar-refractivity contribution < 1.29 is 0 Å². The van der Waals surface area contributed by atoms with E-state index in [1.165, 1.54) is 25.0 Å². The Morgan fingerprint density at radius 3 is 2.71 bits per heavy atom. The lowest BCUT2D eigenvalue weighted by molar-refractivity contribution is 0.662. The zero-order valence-electron chi connectivity index (χ0n) is 9.46. The van der Waals surface area contributed by atoms with E-state index in [9.17, 15) is 0 Å². The van der Waals surface area contributed by atoms with E-state index >= 15 is 0 Å². The lowest BCUT2D eigenvalue weighted by atomic mass is 10.0. The van der Waals surface area contributed by atoms with Crippen molar-refractivity contribution in [2.24, 2.45) is 0 Å². The lowest BCUT2D eigenvalue weighted by Gasteiger charge is -2.15. The molecule has 0 bridgehead atoms. The van der Waals surface area contributed by atoms with Crippen molar-refractivity contribution in [3.8, 4) is 5.69 Å². The first-order valence-electron chi connectivity index (χ1n) is 5.96. The third kappa shape index (κ3) is 2.02. The molecule has 0 saturated heterocycles. The predicted molar refractivity (Wildman–Crippen MR) is 70.7 cm³/mol. The number of rotatable bonds is 2. The summed E-state index contributed by atoms with van der Waals surface area (Å²) in [6.45, 7) is 0. The molecule has 0 amide bonds. The molecule has 1 aliphatic carbocycles. The Bertz CT molecular complexity index is 494. The van der Waals surface area contributed by atoms with E-state index in [-0.39, 0.29) is 0 Å². The molecule has 2 unspecified atom stereocenters. The second-order valence-electron chi connectivity index (χ2n) is 4.46. The van der Waals surface area contributed by atoms with Crippen LogP contribution in [0.4, 0.5) is 0 Å². The summed E-state index contributed by atoms with van der Waals surface area (Å²) in [5.41, 5.74) is 2.31. The summed E-state index contributed by atoms with van der Waals surface area (Å²) in [6, 6.07) is 10.2. The van der Waals surface area contributed by atoms with Crippen LogP contribution in [0.25, 0.3) is 5.69 Å². The molecule has 1 heterocycles. The van der Waals surface area contributed by atoms with Gasteiger partial charge in [0.1, 0.15) is 0 Å². The van der Waals surface area contributed by atoms with E-state index in [1.54, 1.807) is 0 Å². The summed E-state index contributed by atoms with van der Waals surface area (Å²) in [5, 5.41) is 8.28. The molecule has 17 heavy (non-hydrogen) atoms. The molecule has 2 atom stereocenters. The molecule has 3 rings (SSSR count). The second kappa shape index (κ2) is 4.61. The van der Waals surface area contributed by atoms with Crippen molar-refractivity contribution in [1.29, 1.82) is 0 Å². The van der Waals surface area contributed by atoms with Gasteiger partial charge in [-0.3, -0.25) is 0 Å². The molecule has 1 aromatic carbocycles. The first kappa shape index (κ1) is 11.0. The van der Waals surface area contributed by atoms with Gasteiger partial charge in [-0.15, -0.1) is 5.10 Å². The van der Waals surface area contributed by atoms with Crippen LogP contribution in [0.2, 0.25) is 0 Å². The molecule has 0 spiro atoms. The monoisotopic (exact) mass is 291 g/mol. The number of alkyl halides is 1. The molecule has 0 aliphatic heterocycles. The number of hydrogen-bond donors (Lipinski definition) is 0. The van der Waals surface area contributed by atoms with E-state index in [0.717, 1.165) is 5.69 Å². The third-order valence-corrected chi connectivity index (χ3v) is 4.48. The van der Waals surface area contributed by atoms with Crippen molar-refractivity contribution in [3.63, 3.8) is 0 Å². The van der Waals surface area contributed by atoms with Crippen LogP contribution >= 0.6 is 15.9 Å². The molecular formula is C13H14BrN3. The predicted octanol–water partition coefficient (Wildman–Crippen LogP) is 3.30. The quantitative estimate of drug-likeness (QED) is 0.795. The van der Waals surface area contributed by atoms with Crippen molar-refractivity contribution in [3.05, 3.63) is 42.2 Å².